The summed E-state index contributed by atoms with van der Waals surface area (Å²) in [5.41, 5.74) is 2.20. The second-order valence-corrected chi connectivity index (χ2v) is 3.97. The number of rotatable bonds is 6. The zero-order valence-corrected chi connectivity index (χ0v) is 8.62. The van der Waals surface area contributed by atoms with E-state index in [9.17, 15) is 4.79 Å². The van der Waals surface area contributed by atoms with Crippen molar-refractivity contribution in [1.29, 1.82) is 0 Å². The first-order valence-electron chi connectivity index (χ1n) is 4.38. The number of amides is 1. The number of hydrogen-bond acceptors (Lipinski definition) is 3. The number of nitrogens with one attached hydrogen (secondary N) is 1. The number of nitrogens with two attached hydrogens (primary N) is 1. The number of carbonyl (C=O) groups excluding carboxylic acids is 1. The molecule has 0 spiro atoms. The molecule has 0 aromatic carbocycles. The molecule has 0 aliphatic carbocycles. The van der Waals surface area contributed by atoms with Gasteiger partial charge in [0.05, 0.1) is 5.25 Å². The number of carbonyl (C=O) groups is 1. The smallest absolute Gasteiger partial charge is 0.246 e. The zero-order valence-electron chi connectivity index (χ0n) is 7.80. The summed E-state index contributed by atoms with van der Waals surface area (Å²) in [7, 11) is 0. The summed E-state index contributed by atoms with van der Waals surface area (Å²) in [6.45, 7) is 4.18. The minimum absolute atomic E-state index is 0.0416. The summed E-state index contributed by atoms with van der Waals surface area (Å²) in [6, 6.07) is 0. The number of thioether (sulfide) groups is 1. The van der Waals surface area contributed by atoms with Crippen molar-refractivity contribution < 1.29 is 4.79 Å². The molecule has 0 fully saturated rings. The minimum Gasteiger partial charge on any atom is -0.293 e. The second kappa shape index (κ2) is 7.43. The van der Waals surface area contributed by atoms with Crippen LogP contribution in [-0.4, -0.2) is 16.9 Å². The van der Waals surface area contributed by atoms with E-state index in [-0.39, 0.29) is 11.2 Å². The Kier molecular flexibility index (Phi) is 7.29. The Morgan fingerprint density at radius 2 is 2.17 bits per heavy atom. The minimum atomic E-state index is -0.0460. The van der Waals surface area contributed by atoms with E-state index < -0.39 is 0 Å². The lowest BCUT2D eigenvalue weighted by Gasteiger charge is -2.12. The number of hydrazine groups is 1. The van der Waals surface area contributed by atoms with Crippen LogP contribution in [0.2, 0.25) is 0 Å². The Balaban J connectivity index is 3.76. The van der Waals surface area contributed by atoms with Crippen LogP contribution in [-0.2, 0) is 4.79 Å². The van der Waals surface area contributed by atoms with Gasteiger partial charge in [-0.3, -0.25) is 10.2 Å². The van der Waals surface area contributed by atoms with Gasteiger partial charge >= 0.3 is 0 Å². The molecule has 1 unspecified atom stereocenters. The molecule has 0 aliphatic rings. The van der Waals surface area contributed by atoms with Gasteiger partial charge in [-0.2, -0.15) is 0 Å². The summed E-state index contributed by atoms with van der Waals surface area (Å²) in [6.07, 6.45) is 3.03. The van der Waals surface area contributed by atoms with Gasteiger partial charge in [0.15, 0.2) is 0 Å². The first kappa shape index (κ1) is 11.8. The normalized spacial score (nSPS) is 12.6. The van der Waals surface area contributed by atoms with Crippen LogP contribution in [0, 0.1) is 0 Å². The zero-order chi connectivity index (χ0) is 9.40. The largest absolute Gasteiger partial charge is 0.293 e. The monoisotopic (exact) mass is 190 g/mol. The van der Waals surface area contributed by atoms with Crippen LogP contribution >= 0.6 is 11.8 Å². The van der Waals surface area contributed by atoms with E-state index in [2.05, 4.69) is 19.3 Å². The summed E-state index contributed by atoms with van der Waals surface area (Å²) in [5.74, 6) is 6.04. The molecule has 0 saturated carbocycles. The van der Waals surface area contributed by atoms with Gasteiger partial charge in [-0.15, -0.1) is 11.8 Å². The average molecular weight is 190 g/mol. The maximum absolute atomic E-state index is 11.2. The highest BCUT2D eigenvalue weighted by Crippen LogP contribution is 2.16. The fourth-order valence-electron chi connectivity index (χ4n) is 0.905. The molecule has 4 heteroatoms. The van der Waals surface area contributed by atoms with Crippen molar-refractivity contribution in [2.45, 2.75) is 38.4 Å². The van der Waals surface area contributed by atoms with Gasteiger partial charge in [-0.05, 0) is 18.6 Å². The molecule has 3 nitrogen and oxygen atoms in total. The Hall–Kier alpha value is -0.220. The fourth-order valence-corrected chi connectivity index (χ4v) is 2.05. The van der Waals surface area contributed by atoms with Gasteiger partial charge in [0.2, 0.25) is 5.91 Å². The van der Waals surface area contributed by atoms with Crippen molar-refractivity contribution in [3.8, 4) is 0 Å². The molecule has 12 heavy (non-hydrogen) atoms. The molecule has 0 aliphatic heterocycles. The van der Waals surface area contributed by atoms with Gasteiger partial charge in [-0.25, -0.2) is 5.84 Å². The van der Waals surface area contributed by atoms with E-state index in [4.69, 9.17) is 5.84 Å². The predicted octanol–water partition coefficient (Wildman–Crippen LogP) is 1.29. The first-order valence-corrected chi connectivity index (χ1v) is 5.43. The fraction of sp³-hybridized carbons (Fsp3) is 0.875. The van der Waals surface area contributed by atoms with Gasteiger partial charge < -0.3 is 0 Å². The molecule has 1 atom stereocenters. The summed E-state index contributed by atoms with van der Waals surface area (Å²) in [5, 5.41) is 0.0416. The molecule has 0 aromatic heterocycles. The van der Waals surface area contributed by atoms with Crippen LogP contribution in [0.1, 0.15) is 33.1 Å². The van der Waals surface area contributed by atoms with Gasteiger partial charge in [0.1, 0.15) is 0 Å². The van der Waals surface area contributed by atoms with Crippen LogP contribution in [0.15, 0.2) is 0 Å². The Morgan fingerprint density at radius 3 is 2.58 bits per heavy atom. The molecule has 0 rings (SSSR count). The maximum Gasteiger partial charge on any atom is 0.246 e. The van der Waals surface area contributed by atoms with Gasteiger partial charge in [0, 0.05) is 0 Å². The van der Waals surface area contributed by atoms with Crippen molar-refractivity contribution in [2.24, 2.45) is 5.84 Å². The van der Waals surface area contributed by atoms with E-state index in [1.54, 1.807) is 11.8 Å². The molecule has 1 amide bonds. The lowest BCUT2D eigenvalue weighted by molar-refractivity contribution is -0.120. The third-order valence-corrected chi connectivity index (χ3v) is 3.00. The van der Waals surface area contributed by atoms with E-state index in [1.165, 1.54) is 0 Å². The first-order chi connectivity index (χ1) is 5.76. The highest BCUT2D eigenvalue weighted by atomic mass is 32.2. The molecule has 0 saturated heterocycles. The molecule has 3 N–H and O–H groups in total. The van der Waals surface area contributed by atoms with Crippen LogP contribution < -0.4 is 11.3 Å². The van der Waals surface area contributed by atoms with E-state index in [0.717, 1.165) is 25.0 Å². The third kappa shape index (κ3) is 4.62. The Morgan fingerprint density at radius 1 is 1.50 bits per heavy atom. The van der Waals surface area contributed by atoms with Crippen LogP contribution in [0.3, 0.4) is 0 Å². The SMILES string of the molecule is CCCSC(CCC)C(=O)NN. The quantitative estimate of drug-likeness (QED) is 0.377. The van der Waals surface area contributed by atoms with E-state index in [1.807, 2.05) is 0 Å². The molecule has 72 valence electrons. The summed E-state index contributed by atoms with van der Waals surface area (Å²) >= 11 is 1.69. The molecule has 0 heterocycles. The highest BCUT2D eigenvalue weighted by molar-refractivity contribution is 8.00. The van der Waals surface area contributed by atoms with E-state index >= 15 is 0 Å². The van der Waals surface area contributed by atoms with Crippen LogP contribution in [0.25, 0.3) is 0 Å². The molecular weight excluding hydrogens is 172 g/mol. The lowest BCUT2D eigenvalue weighted by atomic mass is 10.2. The predicted molar refractivity (Wildman–Crippen MR) is 53.8 cm³/mol. The Labute approximate surface area is 78.4 Å². The van der Waals surface area contributed by atoms with Crippen LogP contribution in [0.4, 0.5) is 0 Å². The molecular formula is C8H18N2OS. The molecule has 0 radical (unpaired) electrons. The highest BCUT2D eigenvalue weighted by Gasteiger charge is 2.15. The number of hydrogen-bond donors (Lipinski definition) is 2. The Bertz CT molecular complexity index is 130. The van der Waals surface area contributed by atoms with Crippen molar-refractivity contribution in [1.82, 2.24) is 5.43 Å². The van der Waals surface area contributed by atoms with Crippen molar-refractivity contribution in [3.63, 3.8) is 0 Å². The molecule has 0 bridgehead atoms. The second-order valence-electron chi connectivity index (χ2n) is 2.66. The van der Waals surface area contributed by atoms with Gasteiger partial charge in [0.25, 0.3) is 0 Å². The maximum atomic E-state index is 11.2. The van der Waals surface area contributed by atoms with Crippen LogP contribution in [0.5, 0.6) is 0 Å². The third-order valence-electron chi connectivity index (χ3n) is 1.51. The standard InChI is InChI=1S/C8H18N2OS/c1-3-5-7(8(11)10-9)12-6-4-2/h7H,3-6,9H2,1-2H3,(H,10,11). The van der Waals surface area contributed by atoms with Crippen molar-refractivity contribution in [2.75, 3.05) is 5.75 Å². The summed E-state index contributed by atoms with van der Waals surface area (Å²) < 4.78 is 0. The average Bonchev–Trinajstić information content (AvgIpc) is 2.11. The van der Waals surface area contributed by atoms with Crippen molar-refractivity contribution >= 4 is 17.7 Å². The van der Waals surface area contributed by atoms with E-state index in [0.29, 0.717) is 0 Å². The lowest BCUT2D eigenvalue weighted by Crippen LogP contribution is -2.37. The summed E-state index contributed by atoms with van der Waals surface area (Å²) in [4.78, 5) is 11.2. The van der Waals surface area contributed by atoms with Crippen molar-refractivity contribution in [3.05, 3.63) is 0 Å². The molecule has 0 aromatic rings. The topological polar surface area (TPSA) is 55.1 Å². The van der Waals surface area contributed by atoms with Gasteiger partial charge in [-0.1, -0.05) is 20.3 Å².